The van der Waals surface area contributed by atoms with Crippen LogP contribution in [0.1, 0.15) is 62.5 Å². The van der Waals surface area contributed by atoms with Crippen LogP contribution in [0.25, 0.3) is 0 Å². The van der Waals surface area contributed by atoms with Gasteiger partial charge >= 0.3 is 0 Å². The monoisotopic (exact) mass is 341 g/mol. The lowest BCUT2D eigenvalue weighted by Gasteiger charge is -2.14. The van der Waals surface area contributed by atoms with Crippen molar-refractivity contribution in [2.45, 2.75) is 52.9 Å². The lowest BCUT2D eigenvalue weighted by molar-refractivity contribution is 0.0876. The molecule has 0 radical (unpaired) electrons. The first kappa shape index (κ1) is 20.0. The molecule has 0 aliphatic carbocycles. The van der Waals surface area contributed by atoms with E-state index >= 15 is 0 Å². The number of hydrogen-bond acceptors (Lipinski definition) is 4. The van der Waals surface area contributed by atoms with Crippen molar-refractivity contribution in [2.24, 2.45) is 5.92 Å². The third-order valence-corrected chi connectivity index (χ3v) is 4.68. The Morgan fingerprint density at radius 2 is 2.13 bits per heavy atom. The molecule has 23 heavy (non-hydrogen) atoms. The minimum absolute atomic E-state index is 0.0576. The lowest BCUT2D eigenvalue weighted by Crippen LogP contribution is -2.25. The molecule has 132 valence electrons. The Bertz CT molecular complexity index is 434. The summed E-state index contributed by atoms with van der Waals surface area (Å²) in [6.07, 6.45) is 5.79. The van der Waals surface area contributed by atoms with Gasteiger partial charge in [0, 0.05) is 19.8 Å². The number of carbonyl (C=O) groups is 1. The van der Waals surface area contributed by atoms with Crippen molar-refractivity contribution >= 4 is 17.2 Å². The predicted octanol–water partition coefficient (Wildman–Crippen LogP) is 4.50. The molecule has 0 aromatic carbocycles. The molecule has 1 atom stereocenters. The SMILES string of the molecule is CCCCC(CC)COCCCNC(=O)c1sccc1OCC. The van der Waals surface area contributed by atoms with Crippen LogP contribution >= 0.6 is 11.3 Å². The highest BCUT2D eigenvalue weighted by Crippen LogP contribution is 2.24. The van der Waals surface area contributed by atoms with E-state index in [2.05, 4.69) is 19.2 Å². The summed E-state index contributed by atoms with van der Waals surface area (Å²) in [5, 5.41) is 4.81. The molecule has 5 heteroatoms. The van der Waals surface area contributed by atoms with E-state index in [0.717, 1.165) is 13.0 Å². The Hall–Kier alpha value is -1.07. The molecule has 1 aromatic heterocycles. The second-order valence-electron chi connectivity index (χ2n) is 5.65. The van der Waals surface area contributed by atoms with E-state index in [4.69, 9.17) is 9.47 Å². The summed E-state index contributed by atoms with van der Waals surface area (Å²) in [7, 11) is 0. The third kappa shape index (κ3) is 7.84. The Balaban J connectivity index is 2.14. The van der Waals surface area contributed by atoms with Crippen LogP contribution in [0.15, 0.2) is 11.4 Å². The molecule has 1 heterocycles. The Morgan fingerprint density at radius 1 is 1.30 bits per heavy atom. The number of rotatable bonds is 13. The molecule has 0 fully saturated rings. The van der Waals surface area contributed by atoms with Gasteiger partial charge in [0.25, 0.3) is 5.91 Å². The number of ether oxygens (including phenoxy) is 2. The van der Waals surface area contributed by atoms with Gasteiger partial charge in [0.05, 0.1) is 6.61 Å². The van der Waals surface area contributed by atoms with Gasteiger partial charge in [-0.05, 0) is 37.1 Å². The summed E-state index contributed by atoms with van der Waals surface area (Å²) < 4.78 is 11.2. The predicted molar refractivity (Wildman–Crippen MR) is 96.6 cm³/mol. The molecule has 1 amide bonds. The van der Waals surface area contributed by atoms with Gasteiger partial charge in [-0.25, -0.2) is 0 Å². The van der Waals surface area contributed by atoms with Crippen LogP contribution in [0.3, 0.4) is 0 Å². The summed E-state index contributed by atoms with van der Waals surface area (Å²) in [6, 6.07) is 1.84. The molecule has 1 N–H and O–H groups in total. The molecule has 0 spiro atoms. The minimum Gasteiger partial charge on any atom is -0.492 e. The number of hydrogen-bond donors (Lipinski definition) is 1. The Kier molecular flexibility index (Phi) is 10.7. The highest BCUT2D eigenvalue weighted by atomic mass is 32.1. The molecule has 1 rings (SSSR count). The van der Waals surface area contributed by atoms with Crippen LogP contribution in [0.2, 0.25) is 0 Å². The van der Waals surface area contributed by atoms with Crippen LogP contribution in [-0.2, 0) is 4.74 Å². The van der Waals surface area contributed by atoms with Crippen molar-refractivity contribution < 1.29 is 14.3 Å². The van der Waals surface area contributed by atoms with Gasteiger partial charge < -0.3 is 14.8 Å². The summed E-state index contributed by atoms with van der Waals surface area (Å²) in [5.74, 6) is 1.29. The highest BCUT2D eigenvalue weighted by molar-refractivity contribution is 7.12. The van der Waals surface area contributed by atoms with E-state index in [0.29, 0.717) is 36.3 Å². The number of carbonyl (C=O) groups excluding carboxylic acids is 1. The van der Waals surface area contributed by atoms with E-state index < -0.39 is 0 Å². The molecule has 4 nitrogen and oxygen atoms in total. The zero-order valence-electron chi connectivity index (χ0n) is 14.7. The first-order valence-electron chi connectivity index (χ1n) is 8.79. The first-order valence-corrected chi connectivity index (χ1v) is 9.67. The molecule has 1 unspecified atom stereocenters. The summed E-state index contributed by atoms with van der Waals surface area (Å²) in [4.78, 5) is 12.7. The average Bonchev–Trinajstić information content (AvgIpc) is 3.02. The van der Waals surface area contributed by atoms with Crippen molar-refractivity contribution in [1.82, 2.24) is 5.32 Å². The molecular formula is C18H31NO3S. The van der Waals surface area contributed by atoms with Crippen molar-refractivity contribution in [3.8, 4) is 5.75 Å². The van der Waals surface area contributed by atoms with Crippen LogP contribution in [0, 0.1) is 5.92 Å². The fraction of sp³-hybridized carbons (Fsp3) is 0.722. The van der Waals surface area contributed by atoms with E-state index in [9.17, 15) is 4.79 Å². The van der Waals surface area contributed by atoms with Crippen LogP contribution < -0.4 is 10.1 Å². The number of amides is 1. The van der Waals surface area contributed by atoms with E-state index in [1.54, 1.807) is 0 Å². The number of unbranched alkanes of at least 4 members (excludes halogenated alkanes) is 1. The maximum Gasteiger partial charge on any atom is 0.265 e. The molecule has 0 aliphatic rings. The van der Waals surface area contributed by atoms with Crippen molar-refractivity contribution in [1.29, 1.82) is 0 Å². The standard InChI is InChI=1S/C18H31NO3S/c1-4-7-9-15(5-2)14-21-12-8-11-19-18(20)17-16(22-6-3)10-13-23-17/h10,13,15H,4-9,11-12,14H2,1-3H3,(H,19,20). The van der Waals surface area contributed by atoms with Crippen molar-refractivity contribution in [3.63, 3.8) is 0 Å². The Labute approximate surface area is 144 Å². The van der Waals surface area contributed by atoms with Gasteiger partial charge in [0.1, 0.15) is 10.6 Å². The third-order valence-electron chi connectivity index (χ3n) is 3.78. The van der Waals surface area contributed by atoms with Gasteiger partial charge in [-0.2, -0.15) is 0 Å². The summed E-state index contributed by atoms with van der Waals surface area (Å²) in [6.45, 7) is 9.10. The summed E-state index contributed by atoms with van der Waals surface area (Å²) >= 11 is 1.41. The van der Waals surface area contributed by atoms with Crippen LogP contribution in [-0.4, -0.2) is 32.3 Å². The van der Waals surface area contributed by atoms with E-state index in [-0.39, 0.29) is 5.91 Å². The Morgan fingerprint density at radius 3 is 2.83 bits per heavy atom. The second-order valence-corrected chi connectivity index (χ2v) is 6.56. The van der Waals surface area contributed by atoms with E-state index in [1.807, 2.05) is 18.4 Å². The molecule has 0 aliphatic heterocycles. The summed E-state index contributed by atoms with van der Waals surface area (Å²) in [5.41, 5.74) is 0. The minimum atomic E-state index is -0.0576. The molecular weight excluding hydrogens is 310 g/mol. The molecule has 0 bridgehead atoms. The number of nitrogens with one attached hydrogen (secondary N) is 1. The smallest absolute Gasteiger partial charge is 0.265 e. The topological polar surface area (TPSA) is 47.6 Å². The largest absolute Gasteiger partial charge is 0.492 e. The van der Waals surface area contributed by atoms with Gasteiger partial charge in [0.15, 0.2) is 0 Å². The average molecular weight is 342 g/mol. The fourth-order valence-corrected chi connectivity index (χ4v) is 3.09. The molecule has 0 saturated carbocycles. The zero-order valence-corrected chi connectivity index (χ0v) is 15.5. The highest BCUT2D eigenvalue weighted by Gasteiger charge is 2.13. The fourth-order valence-electron chi connectivity index (χ4n) is 2.34. The van der Waals surface area contributed by atoms with Gasteiger partial charge in [-0.1, -0.05) is 33.1 Å². The van der Waals surface area contributed by atoms with Crippen molar-refractivity contribution in [3.05, 3.63) is 16.3 Å². The molecule has 1 aromatic rings. The van der Waals surface area contributed by atoms with Crippen molar-refractivity contribution in [2.75, 3.05) is 26.4 Å². The van der Waals surface area contributed by atoms with Gasteiger partial charge in [-0.15, -0.1) is 11.3 Å². The van der Waals surface area contributed by atoms with Gasteiger partial charge in [-0.3, -0.25) is 4.79 Å². The maximum absolute atomic E-state index is 12.1. The number of thiophene rings is 1. The van der Waals surface area contributed by atoms with Crippen LogP contribution in [0.5, 0.6) is 5.75 Å². The van der Waals surface area contributed by atoms with Crippen LogP contribution in [0.4, 0.5) is 0 Å². The maximum atomic E-state index is 12.1. The quantitative estimate of drug-likeness (QED) is 0.537. The molecule has 0 saturated heterocycles. The normalized spacial score (nSPS) is 12.1. The van der Waals surface area contributed by atoms with E-state index in [1.165, 1.54) is 37.0 Å². The van der Waals surface area contributed by atoms with Gasteiger partial charge in [0.2, 0.25) is 0 Å². The second kappa shape index (κ2) is 12.4. The zero-order chi connectivity index (χ0) is 16.9. The first-order chi connectivity index (χ1) is 11.2. The lowest BCUT2D eigenvalue weighted by atomic mass is 10.0.